The van der Waals surface area contributed by atoms with Crippen molar-refractivity contribution in [3.05, 3.63) is 0 Å². The highest BCUT2D eigenvalue weighted by Gasteiger charge is 2.41. The molecule has 0 unspecified atom stereocenters. The van der Waals surface area contributed by atoms with E-state index in [1.54, 1.807) is 0 Å². The molecule has 0 bridgehead atoms. The van der Waals surface area contributed by atoms with E-state index in [4.69, 9.17) is 4.74 Å². The average molecular weight is 132 g/mol. The van der Waals surface area contributed by atoms with E-state index in [1.165, 1.54) is 0 Å². The van der Waals surface area contributed by atoms with Crippen molar-refractivity contribution < 1.29 is 9.13 Å². The third-order valence-corrected chi connectivity index (χ3v) is 2.27. The van der Waals surface area contributed by atoms with Crippen LogP contribution in [0.4, 0.5) is 4.39 Å². The summed E-state index contributed by atoms with van der Waals surface area (Å²) in [5.41, 5.74) is -0.125. The molecule has 1 saturated heterocycles. The van der Waals surface area contributed by atoms with E-state index in [0.29, 0.717) is 19.1 Å². The lowest BCUT2D eigenvalue weighted by atomic mass is 9.77. The van der Waals surface area contributed by atoms with Crippen molar-refractivity contribution in [3.8, 4) is 0 Å². The fourth-order valence-corrected chi connectivity index (χ4v) is 0.929. The molecule has 9 heavy (non-hydrogen) atoms. The van der Waals surface area contributed by atoms with Gasteiger partial charge in [0, 0.05) is 5.41 Å². The largest absolute Gasteiger partial charge is 0.380 e. The molecule has 1 rings (SSSR count). The van der Waals surface area contributed by atoms with Gasteiger partial charge in [0.05, 0.1) is 19.9 Å². The van der Waals surface area contributed by atoms with Crippen LogP contribution < -0.4 is 0 Å². The Morgan fingerprint density at radius 2 is 2.11 bits per heavy atom. The molecule has 0 saturated carbocycles. The second-order valence-electron chi connectivity index (χ2n) is 3.14. The Balaban J connectivity index is 2.46. The molecule has 0 radical (unpaired) electrons. The first-order chi connectivity index (χ1) is 4.21. The normalized spacial score (nSPS) is 24.0. The van der Waals surface area contributed by atoms with Gasteiger partial charge in [-0.05, 0) is 5.92 Å². The molecule has 1 heterocycles. The molecule has 54 valence electrons. The molecule has 1 aliphatic heterocycles. The van der Waals surface area contributed by atoms with Crippen molar-refractivity contribution in [3.63, 3.8) is 0 Å². The number of hydrogen-bond acceptors (Lipinski definition) is 1. The van der Waals surface area contributed by atoms with Gasteiger partial charge in [0.15, 0.2) is 0 Å². The van der Waals surface area contributed by atoms with Gasteiger partial charge in [0.1, 0.15) is 0 Å². The molecular weight excluding hydrogens is 119 g/mol. The Labute approximate surface area is 55.2 Å². The van der Waals surface area contributed by atoms with E-state index in [0.717, 1.165) is 0 Å². The van der Waals surface area contributed by atoms with Crippen LogP contribution in [0.15, 0.2) is 0 Å². The van der Waals surface area contributed by atoms with Gasteiger partial charge in [0.2, 0.25) is 0 Å². The SMILES string of the molecule is CC(C)C1(CF)COC1. The number of rotatable bonds is 2. The first-order valence-electron chi connectivity index (χ1n) is 3.35. The Morgan fingerprint density at radius 3 is 2.11 bits per heavy atom. The summed E-state index contributed by atoms with van der Waals surface area (Å²) in [5, 5.41) is 0. The monoisotopic (exact) mass is 132 g/mol. The number of hydrogen-bond donors (Lipinski definition) is 0. The van der Waals surface area contributed by atoms with E-state index in [9.17, 15) is 4.39 Å². The molecule has 1 fully saturated rings. The van der Waals surface area contributed by atoms with Gasteiger partial charge < -0.3 is 4.74 Å². The van der Waals surface area contributed by atoms with Gasteiger partial charge in [-0.1, -0.05) is 13.8 Å². The maximum absolute atomic E-state index is 12.3. The molecule has 1 aliphatic rings. The summed E-state index contributed by atoms with van der Waals surface area (Å²) in [5.74, 6) is 0.413. The topological polar surface area (TPSA) is 9.23 Å². The van der Waals surface area contributed by atoms with Crippen molar-refractivity contribution in [2.75, 3.05) is 19.9 Å². The Morgan fingerprint density at radius 1 is 1.56 bits per heavy atom. The molecule has 0 aromatic rings. The molecule has 0 atom stereocenters. The summed E-state index contributed by atoms with van der Waals surface area (Å²) < 4.78 is 17.2. The van der Waals surface area contributed by atoms with Crippen LogP contribution in [-0.4, -0.2) is 19.9 Å². The molecule has 1 nitrogen and oxygen atoms in total. The first-order valence-corrected chi connectivity index (χ1v) is 3.35. The van der Waals surface area contributed by atoms with Crippen LogP contribution in [0.1, 0.15) is 13.8 Å². The quantitative estimate of drug-likeness (QED) is 0.555. The van der Waals surface area contributed by atoms with Gasteiger partial charge in [-0.25, -0.2) is 0 Å². The molecule has 0 N–H and O–H groups in total. The Bertz CT molecular complexity index is 91.6. The Hall–Kier alpha value is -0.110. The zero-order valence-corrected chi connectivity index (χ0v) is 5.98. The van der Waals surface area contributed by atoms with E-state index < -0.39 is 0 Å². The predicted octanol–water partition coefficient (Wildman–Crippen LogP) is 1.63. The van der Waals surface area contributed by atoms with Crippen molar-refractivity contribution >= 4 is 0 Å². The first kappa shape index (κ1) is 7.00. The van der Waals surface area contributed by atoms with Crippen LogP contribution in [0.2, 0.25) is 0 Å². The van der Waals surface area contributed by atoms with Crippen LogP contribution in [-0.2, 0) is 4.74 Å². The zero-order chi connectivity index (χ0) is 6.91. The highest BCUT2D eigenvalue weighted by Crippen LogP contribution is 2.35. The molecule has 0 spiro atoms. The van der Waals surface area contributed by atoms with Crippen LogP contribution >= 0.6 is 0 Å². The number of ether oxygens (including phenoxy) is 1. The lowest BCUT2D eigenvalue weighted by Crippen LogP contribution is -2.48. The van der Waals surface area contributed by atoms with Crippen molar-refractivity contribution in [2.24, 2.45) is 11.3 Å². The molecule has 2 heteroatoms. The van der Waals surface area contributed by atoms with Crippen LogP contribution in [0.3, 0.4) is 0 Å². The van der Waals surface area contributed by atoms with E-state index in [-0.39, 0.29) is 12.1 Å². The van der Waals surface area contributed by atoms with Crippen molar-refractivity contribution in [2.45, 2.75) is 13.8 Å². The summed E-state index contributed by atoms with van der Waals surface area (Å²) >= 11 is 0. The second kappa shape index (κ2) is 2.25. The van der Waals surface area contributed by atoms with Gasteiger partial charge in [-0.2, -0.15) is 0 Å². The smallest absolute Gasteiger partial charge is 0.0997 e. The minimum atomic E-state index is -0.231. The summed E-state index contributed by atoms with van der Waals surface area (Å²) in [6.45, 7) is 5.08. The predicted molar refractivity (Wildman–Crippen MR) is 34.1 cm³/mol. The van der Waals surface area contributed by atoms with Crippen molar-refractivity contribution in [1.82, 2.24) is 0 Å². The van der Waals surface area contributed by atoms with E-state index in [1.807, 2.05) is 13.8 Å². The molecule has 0 aromatic carbocycles. The van der Waals surface area contributed by atoms with Gasteiger partial charge >= 0.3 is 0 Å². The standard InChI is InChI=1S/C7H13FO/c1-6(2)7(3-8)4-9-5-7/h6H,3-5H2,1-2H3. The minimum Gasteiger partial charge on any atom is -0.380 e. The zero-order valence-electron chi connectivity index (χ0n) is 5.98. The summed E-state index contributed by atoms with van der Waals surface area (Å²) in [6.07, 6.45) is 0. The lowest BCUT2D eigenvalue weighted by Gasteiger charge is -2.42. The highest BCUT2D eigenvalue weighted by atomic mass is 19.1. The van der Waals surface area contributed by atoms with Gasteiger partial charge in [-0.15, -0.1) is 0 Å². The molecule has 0 aliphatic carbocycles. The third kappa shape index (κ3) is 0.960. The van der Waals surface area contributed by atoms with Crippen LogP contribution in [0.25, 0.3) is 0 Å². The number of halogens is 1. The summed E-state index contributed by atoms with van der Waals surface area (Å²) in [7, 11) is 0. The van der Waals surface area contributed by atoms with Crippen LogP contribution in [0.5, 0.6) is 0 Å². The van der Waals surface area contributed by atoms with Crippen molar-refractivity contribution in [1.29, 1.82) is 0 Å². The van der Waals surface area contributed by atoms with E-state index in [2.05, 4.69) is 0 Å². The van der Waals surface area contributed by atoms with Gasteiger partial charge in [-0.3, -0.25) is 4.39 Å². The Kier molecular flexibility index (Phi) is 1.75. The van der Waals surface area contributed by atoms with E-state index >= 15 is 0 Å². The van der Waals surface area contributed by atoms with Crippen LogP contribution in [0, 0.1) is 11.3 Å². The fourth-order valence-electron chi connectivity index (χ4n) is 0.929. The third-order valence-electron chi connectivity index (χ3n) is 2.27. The number of alkyl halides is 1. The molecule has 0 amide bonds. The lowest BCUT2D eigenvalue weighted by molar-refractivity contribution is -0.148. The second-order valence-corrected chi connectivity index (χ2v) is 3.14. The fraction of sp³-hybridized carbons (Fsp3) is 1.00. The highest BCUT2D eigenvalue weighted by molar-refractivity contribution is 4.87. The summed E-state index contributed by atoms with van der Waals surface area (Å²) in [6, 6.07) is 0. The van der Waals surface area contributed by atoms with Gasteiger partial charge in [0.25, 0.3) is 0 Å². The molecule has 0 aromatic heterocycles. The maximum Gasteiger partial charge on any atom is 0.0997 e. The maximum atomic E-state index is 12.3. The molecular formula is C7H13FO. The average Bonchev–Trinajstić information content (AvgIpc) is 1.62. The minimum absolute atomic E-state index is 0.125. The summed E-state index contributed by atoms with van der Waals surface area (Å²) in [4.78, 5) is 0.